The summed E-state index contributed by atoms with van der Waals surface area (Å²) in [7, 11) is 0. The van der Waals surface area contributed by atoms with Crippen molar-refractivity contribution in [1.29, 1.82) is 0 Å². The monoisotopic (exact) mass is 335 g/mol. The topological polar surface area (TPSA) is 53.8 Å². The first-order chi connectivity index (χ1) is 12.0. The van der Waals surface area contributed by atoms with Gasteiger partial charge in [-0.15, -0.1) is 0 Å². The lowest BCUT2D eigenvalue weighted by molar-refractivity contribution is 0.106. The maximum absolute atomic E-state index is 12.9. The summed E-state index contributed by atoms with van der Waals surface area (Å²) in [6, 6.07) is 17.2. The molecule has 0 saturated heterocycles. The molecule has 0 fully saturated rings. The Kier molecular flexibility index (Phi) is 6.63. The molecular weight excluding hydrogens is 310 g/mol. The number of aliphatic imine (C=N–C) groups is 1. The number of anilines is 1. The predicted octanol–water partition coefficient (Wildman–Crippen LogP) is 4.91. The molecule has 2 aromatic rings. The van der Waals surface area contributed by atoms with Gasteiger partial charge in [0.05, 0.1) is 11.4 Å². The molecule has 0 saturated carbocycles. The Morgan fingerprint density at radius 3 is 2.32 bits per heavy atom. The minimum Gasteiger partial charge on any atom is -0.287 e. The Hall–Kier alpha value is -2.75. The van der Waals surface area contributed by atoms with Crippen molar-refractivity contribution in [3.05, 3.63) is 65.7 Å². The van der Waals surface area contributed by atoms with Crippen LogP contribution in [0.25, 0.3) is 0 Å². The molecule has 1 unspecified atom stereocenters. The maximum atomic E-state index is 12.9. The molecule has 4 heteroatoms. The Morgan fingerprint density at radius 1 is 1.08 bits per heavy atom. The molecule has 1 atom stereocenters. The summed E-state index contributed by atoms with van der Waals surface area (Å²) in [5.41, 5.74) is 6.57. The largest absolute Gasteiger partial charge is 0.287 e. The van der Waals surface area contributed by atoms with Gasteiger partial charge >= 0.3 is 0 Å². The first kappa shape index (κ1) is 18.6. The van der Waals surface area contributed by atoms with Gasteiger partial charge in [0.15, 0.2) is 5.71 Å². The van der Waals surface area contributed by atoms with Crippen LogP contribution in [0.5, 0.6) is 0 Å². The van der Waals surface area contributed by atoms with E-state index < -0.39 is 0 Å². The fourth-order valence-electron chi connectivity index (χ4n) is 2.25. The van der Waals surface area contributed by atoms with Crippen molar-refractivity contribution in [1.82, 2.24) is 0 Å². The zero-order chi connectivity index (χ0) is 18.2. The van der Waals surface area contributed by atoms with E-state index in [0.717, 1.165) is 12.1 Å². The summed E-state index contributed by atoms with van der Waals surface area (Å²) >= 11 is 0. The summed E-state index contributed by atoms with van der Waals surface area (Å²) in [4.78, 5) is 17.5. The number of hydrogen-bond acceptors (Lipinski definition) is 4. The van der Waals surface area contributed by atoms with Gasteiger partial charge in [-0.3, -0.25) is 15.2 Å². The molecule has 0 bridgehead atoms. The first-order valence-corrected chi connectivity index (χ1v) is 8.56. The average molecular weight is 335 g/mol. The van der Waals surface area contributed by atoms with Crippen LogP contribution < -0.4 is 5.43 Å². The molecular formula is C21H25N3O. The van der Waals surface area contributed by atoms with Crippen LogP contribution in [-0.2, 0) is 0 Å². The van der Waals surface area contributed by atoms with Gasteiger partial charge in [-0.25, -0.2) is 0 Å². The van der Waals surface area contributed by atoms with E-state index >= 15 is 0 Å². The van der Waals surface area contributed by atoms with Crippen LogP contribution in [0.1, 0.15) is 43.1 Å². The highest BCUT2D eigenvalue weighted by Crippen LogP contribution is 2.10. The summed E-state index contributed by atoms with van der Waals surface area (Å²) in [6.45, 7) is 7.96. The molecule has 130 valence electrons. The highest BCUT2D eigenvalue weighted by atomic mass is 16.1. The lowest BCUT2D eigenvalue weighted by Crippen LogP contribution is -2.25. The third kappa shape index (κ3) is 5.38. The summed E-state index contributed by atoms with van der Waals surface area (Å²) in [5, 5.41) is 4.37. The molecule has 0 aliphatic rings. The summed E-state index contributed by atoms with van der Waals surface area (Å²) in [6.07, 6.45) is 0.912. The molecule has 0 aromatic heterocycles. The van der Waals surface area contributed by atoms with E-state index in [2.05, 4.69) is 22.4 Å². The van der Waals surface area contributed by atoms with Crippen LogP contribution in [-0.4, -0.2) is 23.2 Å². The smallest absolute Gasteiger partial charge is 0.215 e. The van der Waals surface area contributed by atoms with Crippen LogP contribution >= 0.6 is 0 Å². The van der Waals surface area contributed by atoms with Gasteiger partial charge in [0.25, 0.3) is 0 Å². The number of hydrogen-bond donors (Lipinski definition) is 1. The van der Waals surface area contributed by atoms with E-state index in [4.69, 9.17) is 0 Å². The van der Waals surface area contributed by atoms with Crippen molar-refractivity contribution in [2.24, 2.45) is 10.1 Å². The van der Waals surface area contributed by atoms with E-state index in [1.807, 2.05) is 63.2 Å². The Bertz CT molecular complexity index is 761. The van der Waals surface area contributed by atoms with Crippen LogP contribution in [0, 0.1) is 6.92 Å². The van der Waals surface area contributed by atoms with Gasteiger partial charge in [0.1, 0.15) is 0 Å². The van der Waals surface area contributed by atoms with E-state index in [9.17, 15) is 4.79 Å². The third-order valence-electron chi connectivity index (χ3n) is 3.95. The molecule has 1 N–H and O–H groups in total. The summed E-state index contributed by atoms with van der Waals surface area (Å²) < 4.78 is 0. The van der Waals surface area contributed by atoms with Crippen LogP contribution in [0.4, 0.5) is 5.69 Å². The van der Waals surface area contributed by atoms with Gasteiger partial charge in [0, 0.05) is 11.6 Å². The molecule has 0 aliphatic carbocycles. The van der Waals surface area contributed by atoms with E-state index in [-0.39, 0.29) is 11.8 Å². The molecule has 25 heavy (non-hydrogen) atoms. The maximum Gasteiger partial charge on any atom is 0.215 e. The van der Waals surface area contributed by atoms with Gasteiger partial charge in [-0.1, -0.05) is 55.0 Å². The van der Waals surface area contributed by atoms with Gasteiger partial charge < -0.3 is 0 Å². The Morgan fingerprint density at radius 2 is 1.72 bits per heavy atom. The number of ketones is 1. The predicted molar refractivity (Wildman–Crippen MR) is 106 cm³/mol. The molecule has 2 aromatic carbocycles. The van der Waals surface area contributed by atoms with Crippen LogP contribution in [0.15, 0.2) is 64.7 Å². The minimum absolute atomic E-state index is 0.134. The zero-order valence-corrected chi connectivity index (χ0v) is 15.3. The number of Topliss-reactive ketones (excluding diaryl/α,β-unsaturated/α-hetero) is 1. The zero-order valence-electron chi connectivity index (χ0n) is 15.3. The number of nitrogens with zero attached hydrogens (tertiary/aromatic N) is 2. The fraction of sp³-hybridized carbons (Fsp3) is 0.286. The fourth-order valence-corrected chi connectivity index (χ4v) is 2.25. The van der Waals surface area contributed by atoms with Gasteiger partial charge in [-0.05, 0) is 39.3 Å². The normalized spacial score (nSPS) is 13.4. The number of nitrogens with one attached hydrogen (secondary N) is 1. The standard InChI is InChI=1S/C21H25N3O/c1-5-16(3)22-17(4)20(21(25)18-9-7-6-8-10-18)24-23-19-13-11-15(2)12-14-19/h6-14,16,23H,5H2,1-4H3/b22-17?,24-20-. The van der Waals surface area contributed by atoms with Crippen LogP contribution in [0.2, 0.25) is 0 Å². The highest BCUT2D eigenvalue weighted by Gasteiger charge is 2.18. The Labute approximate surface area is 149 Å². The molecule has 0 heterocycles. The number of benzene rings is 2. The van der Waals surface area contributed by atoms with Crippen molar-refractivity contribution in [3.63, 3.8) is 0 Å². The second kappa shape index (κ2) is 8.92. The van der Waals surface area contributed by atoms with Crippen molar-refractivity contribution in [2.75, 3.05) is 5.43 Å². The molecule has 0 aliphatic heterocycles. The molecule has 0 amide bonds. The Balaban J connectivity index is 2.34. The number of rotatable bonds is 7. The van der Waals surface area contributed by atoms with Crippen molar-refractivity contribution < 1.29 is 4.79 Å². The molecule has 0 spiro atoms. The lowest BCUT2D eigenvalue weighted by Gasteiger charge is -2.10. The van der Waals surface area contributed by atoms with Crippen molar-refractivity contribution in [3.8, 4) is 0 Å². The highest BCUT2D eigenvalue weighted by molar-refractivity contribution is 6.70. The van der Waals surface area contributed by atoms with Crippen molar-refractivity contribution in [2.45, 2.75) is 40.2 Å². The SMILES string of the molecule is CCC(C)N=C(C)/C(=N/Nc1ccc(C)cc1)C(=O)c1ccccc1. The molecule has 2 rings (SSSR count). The first-order valence-electron chi connectivity index (χ1n) is 8.56. The molecule has 4 nitrogen and oxygen atoms in total. The van der Waals surface area contributed by atoms with Crippen molar-refractivity contribution >= 4 is 22.9 Å². The van der Waals surface area contributed by atoms with Gasteiger partial charge in [-0.2, -0.15) is 5.10 Å². The quantitative estimate of drug-likeness (QED) is 0.444. The lowest BCUT2D eigenvalue weighted by atomic mass is 10.0. The average Bonchev–Trinajstić information content (AvgIpc) is 2.63. The van der Waals surface area contributed by atoms with E-state index in [1.165, 1.54) is 5.56 Å². The second-order valence-corrected chi connectivity index (χ2v) is 6.11. The number of carbonyl (C=O) groups is 1. The second-order valence-electron chi connectivity index (χ2n) is 6.11. The van der Waals surface area contributed by atoms with Crippen LogP contribution in [0.3, 0.4) is 0 Å². The molecule has 0 radical (unpaired) electrons. The number of hydrazone groups is 1. The number of aryl methyl sites for hydroxylation is 1. The third-order valence-corrected chi connectivity index (χ3v) is 3.95. The van der Waals surface area contributed by atoms with E-state index in [0.29, 0.717) is 17.0 Å². The summed E-state index contributed by atoms with van der Waals surface area (Å²) in [5.74, 6) is -0.134. The van der Waals surface area contributed by atoms with Gasteiger partial charge in [0.2, 0.25) is 5.78 Å². The number of carbonyl (C=O) groups excluding carboxylic acids is 1. The minimum atomic E-state index is -0.134. The van der Waals surface area contributed by atoms with E-state index in [1.54, 1.807) is 12.1 Å².